The minimum Gasteiger partial charge on any atom is -0.356 e. The van der Waals surface area contributed by atoms with Crippen molar-refractivity contribution >= 4 is 5.91 Å². The van der Waals surface area contributed by atoms with Crippen molar-refractivity contribution in [1.82, 2.24) is 20.0 Å². The number of piperidine rings is 1. The fraction of sp³-hybridized carbons (Fsp3) is 0.417. The molecule has 1 saturated heterocycles. The van der Waals surface area contributed by atoms with E-state index in [1.165, 1.54) is 24.3 Å². The summed E-state index contributed by atoms with van der Waals surface area (Å²) in [7, 11) is 0. The van der Waals surface area contributed by atoms with Gasteiger partial charge in [-0.2, -0.15) is 0 Å². The molecule has 0 aliphatic carbocycles. The number of hydrogen-bond acceptors (Lipinski definition) is 5. The molecular formula is C24H27FN4O2. The van der Waals surface area contributed by atoms with Crippen LogP contribution >= 0.6 is 0 Å². The Morgan fingerprint density at radius 2 is 1.84 bits per heavy atom. The van der Waals surface area contributed by atoms with E-state index in [1.54, 1.807) is 0 Å². The zero-order valence-electron chi connectivity index (χ0n) is 18.4. The maximum atomic E-state index is 13.2. The first kappa shape index (κ1) is 21.2. The maximum absolute atomic E-state index is 13.2. The quantitative estimate of drug-likeness (QED) is 0.601. The number of hydrogen-bond donors (Lipinski definition) is 0. The van der Waals surface area contributed by atoms with Gasteiger partial charge in [-0.15, -0.1) is 0 Å². The Kier molecular flexibility index (Phi) is 5.60. The highest BCUT2D eigenvalue weighted by Gasteiger charge is 2.30. The molecule has 1 fully saturated rings. The van der Waals surface area contributed by atoms with Gasteiger partial charge in [-0.1, -0.05) is 25.9 Å². The second kappa shape index (κ2) is 8.21. The normalized spacial score (nSPS) is 15.3. The van der Waals surface area contributed by atoms with Gasteiger partial charge in [0.25, 0.3) is 5.91 Å². The monoisotopic (exact) mass is 422 g/mol. The third-order valence-corrected chi connectivity index (χ3v) is 5.64. The van der Waals surface area contributed by atoms with Gasteiger partial charge in [0.2, 0.25) is 0 Å². The Bertz CT molecular complexity index is 1080. The van der Waals surface area contributed by atoms with Crippen molar-refractivity contribution in [1.29, 1.82) is 0 Å². The standard InChI is InChI=1S/C24H27FN4O2/c1-15-13-20(31-28-15)19-14-26-23(24(2,3)4)27-21(19)16-9-11-29(12-10-16)22(30)17-5-7-18(25)8-6-17/h5-8,13-14,16H,9-12H2,1-4H3. The summed E-state index contributed by atoms with van der Waals surface area (Å²) in [6, 6.07) is 7.61. The summed E-state index contributed by atoms with van der Waals surface area (Å²) in [4.78, 5) is 24.1. The lowest BCUT2D eigenvalue weighted by molar-refractivity contribution is 0.0712. The molecule has 7 heteroatoms. The van der Waals surface area contributed by atoms with E-state index >= 15 is 0 Å². The number of rotatable bonds is 3. The van der Waals surface area contributed by atoms with Crippen LogP contribution in [0.4, 0.5) is 4.39 Å². The summed E-state index contributed by atoms with van der Waals surface area (Å²) in [5.41, 5.74) is 2.95. The average molecular weight is 423 g/mol. The van der Waals surface area contributed by atoms with E-state index in [-0.39, 0.29) is 23.1 Å². The second-order valence-electron chi connectivity index (χ2n) is 9.15. The van der Waals surface area contributed by atoms with E-state index in [2.05, 4.69) is 30.9 Å². The largest absolute Gasteiger partial charge is 0.356 e. The maximum Gasteiger partial charge on any atom is 0.253 e. The zero-order chi connectivity index (χ0) is 22.2. The van der Waals surface area contributed by atoms with Crippen LogP contribution in [0.2, 0.25) is 0 Å². The Morgan fingerprint density at radius 1 is 1.16 bits per heavy atom. The summed E-state index contributed by atoms with van der Waals surface area (Å²) < 4.78 is 18.7. The summed E-state index contributed by atoms with van der Waals surface area (Å²) in [6.07, 6.45) is 3.40. The first-order valence-corrected chi connectivity index (χ1v) is 10.6. The molecule has 3 heterocycles. The van der Waals surface area contributed by atoms with Gasteiger partial charge in [0.05, 0.1) is 17.0 Å². The number of benzene rings is 1. The van der Waals surface area contributed by atoms with Crippen LogP contribution in [0.25, 0.3) is 11.3 Å². The summed E-state index contributed by atoms with van der Waals surface area (Å²) >= 11 is 0. The number of carbonyl (C=O) groups excluding carboxylic acids is 1. The lowest BCUT2D eigenvalue weighted by Crippen LogP contribution is -2.38. The first-order valence-electron chi connectivity index (χ1n) is 10.6. The van der Waals surface area contributed by atoms with E-state index < -0.39 is 0 Å². The Morgan fingerprint density at radius 3 is 2.42 bits per heavy atom. The molecule has 0 atom stereocenters. The minimum absolute atomic E-state index is 0.0670. The molecule has 6 nitrogen and oxygen atoms in total. The average Bonchev–Trinajstić information content (AvgIpc) is 3.19. The van der Waals surface area contributed by atoms with E-state index in [4.69, 9.17) is 9.51 Å². The Hall–Kier alpha value is -3.09. The Labute approximate surface area is 181 Å². The van der Waals surface area contributed by atoms with Crippen LogP contribution in [0.15, 0.2) is 41.1 Å². The van der Waals surface area contributed by atoms with Crippen LogP contribution < -0.4 is 0 Å². The number of halogens is 1. The number of amides is 1. The van der Waals surface area contributed by atoms with Crippen molar-refractivity contribution in [2.75, 3.05) is 13.1 Å². The molecule has 4 rings (SSSR count). The molecular weight excluding hydrogens is 395 g/mol. The smallest absolute Gasteiger partial charge is 0.253 e. The van der Waals surface area contributed by atoms with E-state index in [1.807, 2.05) is 24.1 Å². The van der Waals surface area contributed by atoms with Gasteiger partial charge in [-0.25, -0.2) is 14.4 Å². The van der Waals surface area contributed by atoms with E-state index in [0.717, 1.165) is 35.6 Å². The fourth-order valence-electron chi connectivity index (χ4n) is 3.88. The molecule has 0 N–H and O–H groups in total. The van der Waals surface area contributed by atoms with E-state index in [0.29, 0.717) is 24.4 Å². The number of nitrogens with zero attached hydrogens (tertiary/aromatic N) is 4. The lowest BCUT2D eigenvalue weighted by Gasteiger charge is -2.33. The molecule has 162 valence electrons. The molecule has 0 radical (unpaired) electrons. The minimum atomic E-state index is -0.344. The van der Waals surface area contributed by atoms with Crippen LogP contribution in [-0.4, -0.2) is 39.0 Å². The van der Waals surface area contributed by atoms with Gasteiger partial charge in [-0.3, -0.25) is 4.79 Å². The lowest BCUT2D eigenvalue weighted by atomic mass is 9.88. The highest BCUT2D eigenvalue weighted by atomic mass is 19.1. The third-order valence-electron chi connectivity index (χ3n) is 5.64. The Balaban J connectivity index is 1.58. The van der Waals surface area contributed by atoms with Crippen molar-refractivity contribution in [3.05, 3.63) is 65.1 Å². The first-order chi connectivity index (χ1) is 14.7. The van der Waals surface area contributed by atoms with Crippen molar-refractivity contribution in [2.45, 2.75) is 51.9 Å². The summed E-state index contributed by atoms with van der Waals surface area (Å²) in [5, 5.41) is 4.02. The van der Waals surface area contributed by atoms with Crippen molar-refractivity contribution in [3.63, 3.8) is 0 Å². The highest BCUT2D eigenvalue weighted by molar-refractivity contribution is 5.94. The molecule has 0 unspecified atom stereocenters. The van der Waals surface area contributed by atoms with Gasteiger partial charge in [0.1, 0.15) is 11.6 Å². The van der Waals surface area contributed by atoms with Gasteiger partial charge in [0, 0.05) is 42.2 Å². The predicted molar refractivity (Wildman–Crippen MR) is 115 cm³/mol. The topological polar surface area (TPSA) is 72.1 Å². The number of likely N-dealkylation sites (tertiary alicyclic amines) is 1. The highest BCUT2D eigenvalue weighted by Crippen LogP contribution is 2.35. The van der Waals surface area contributed by atoms with Crippen molar-refractivity contribution in [3.8, 4) is 11.3 Å². The molecule has 1 amide bonds. The SMILES string of the molecule is Cc1cc(-c2cnc(C(C)(C)C)nc2C2CCN(C(=O)c3ccc(F)cc3)CC2)on1. The molecule has 2 aromatic heterocycles. The molecule has 0 bridgehead atoms. The fourth-order valence-corrected chi connectivity index (χ4v) is 3.88. The van der Waals surface area contributed by atoms with Crippen LogP contribution in [0.5, 0.6) is 0 Å². The van der Waals surface area contributed by atoms with Crippen molar-refractivity contribution < 1.29 is 13.7 Å². The summed E-state index contributed by atoms with van der Waals surface area (Å²) in [6.45, 7) is 9.39. The molecule has 3 aromatic rings. The van der Waals surface area contributed by atoms with Gasteiger partial charge in [-0.05, 0) is 44.0 Å². The molecule has 0 spiro atoms. The zero-order valence-corrected chi connectivity index (χ0v) is 18.4. The van der Waals surface area contributed by atoms with Crippen LogP contribution in [0.3, 0.4) is 0 Å². The number of carbonyl (C=O) groups is 1. The van der Waals surface area contributed by atoms with Gasteiger partial charge < -0.3 is 9.42 Å². The summed E-state index contributed by atoms with van der Waals surface area (Å²) in [5.74, 6) is 1.22. The van der Waals surface area contributed by atoms with Gasteiger partial charge >= 0.3 is 0 Å². The number of aryl methyl sites for hydroxylation is 1. The molecule has 1 aliphatic heterocycles. The molecule has 1 aromatic carbocycles. The van der Waals surface area contributed by atoms with Gasteiger partial charge in [0.15, 0.2) is 5.76 Å². The van der Waals surface area contributed by atoms with Crippen molar-refractivity contribution in [2.24, 2.45) is 0 Å². The van der Waals surface area contributed by atoms with Crippen LogP contribution in [0.1, 0.15) is 67.1 Å². The van der Waals surface area contributed by atoms with E-state index in [9.17, 15) is 9.18 Å². The molecule has 0 saturated carbocycles. The molecule has 1 aliphatic rings. The number of aromatic nitrogens is 3. The molecule has 31 heavy (non-hydrogen) atoms. The third kappa shape index (κ3) is 4.50. The second-order valence-corrected chi connectivity index (χ2v) is 9.15. The van der Waals surface area contributed by atoms with Crippen LogP contribution in [-0.2, 0) is 5.41 Å². The van der Waals surface area contributed by atoms with Crippen LogP contribution in [0, 0.1) is 12.7 Å². The predicted octanol–water partition coefficient (Wildman–Crippen LogP) is 4.90.